The molecule has 206 valence electrons. The Balaban J connectivity index is 1.69. The first-order valence-corrected chi connectivity index (χ1v) is 14.7. The van der Waals surface area contributed by atoms with Crippen LogP contribution < -0.4 is 4.90 Å². The molecule has 0 heterocycles. The van der Waals surface area contributed by atoms with Gasteiger partial charge in [0, 0.05) is 16.9 Å². The molecule has 0 aliphatic heterocycles. The van der Waals surface area contributed by atoms with Crippen LogP contribution in [0.3, 0.4) is 0 Å². The Labute approximate surface area is 254 Å². The van der Waals surface area contributed by atoms with Crippen LogP contribution in [0.4, 0.5) is 11.4 Å². The third-order valence-electron chi connectivity index (χ3n) is 9.01. The standard InChI is InChI=1S/C42H33N/c1-6-17-29(7-2)43(30-18-11-10-12-19-30)40-27-39-41(32(9-4)31(40)8-3)35-25-24-28(5)26-38(35)42(39)36-22-15-13-20-33(36)34-21-14-16-23-37(34)42/h6-27H,1-4H2,5H3/b29-17+. The molecule has 0 fully saturated rings. The Morgan fingerprint density at radius 1 is 0.628 bits per heavy atom. The maximum Gasteiger partial charge on any atom is 0.0726 e. The number of hydrogen-bond donors (Lipinski definition) is 0. The van der Waals surface area contributed by atoms with Crippen molar-refractivity contribution < 1.29 is 0 Å². The van der Waals surface area contributed by atoms with Gasteiger partial charge in [-0.3, -0.25) is 0 Å². The normalized spacial score (nSPS) is 13.5. The van der Waals surface area contributed by atoms with Gasteiger partial charge in [0.1, 0.15) is 0 Å². The molecule has 0 aromatic heterocycles. The second-order valence-electron chi connectivity index (χ2n) is 11.1. The summed E-state index contributed by atoms with van der Waals surface area (Å²) < 4.78 is 0. The number of hydrogen-bond acceptors (Lipinski definition) is 1. The SMILES string of the molecule is C=C/C=C(\C=C)N(c1ccccc1)c1cc2c(c(C=C)c1C=C)-c1ccc(C)cc1C21c2ccccc2-c2ccccc21. The Kier molecular flexibility index (Phi) is 6.25. The average molecular weight is 552 g/mol. The number of benzene rings is 5. The highest BCUT2D eigenvalue weighted by molar-refractivity contribution is 6.01. The van der Waals surface area contributed by atoms with Gasteiger partial charge in [0.25, 0.3) is 0 Å². The molecule has 0 saturated heterocycles. The summed E-state index contributed by atoms with van der Waals surface area (Å²) in [7, 11) is 0. The number of anilines is 2. The van der Waals surface area contributed by atoms with Crippen LogP contribution in [0.25, 0.3) is 34.4 Å². The number of para-hydroxylation sites is 1. The third-order valence-corrected chi connectivity index (χ3v) is 9.01. The van der Waals surface area contributed by atoms with Gasteiger partial charge in [-0.15, -0.1) is 0 Å². The molecule has 2 aliphatic rings. The zero-order valence-electron chi connectivity index (χ0n) is 24.5. The first kappa shape index (κ1) is 26.5. The third kappa shape index (κ3) is 3.58. The Hall–Kier alpha value is -5.40. The van der Waals surface area contributed by atoms with E-state index in [0.29, 0.717) is 0 Å². The van der Waals surface area contributed by atoms with Crippen LogP contribution in [0, 0.1) is 6.92 Å². The van der Waals surface area contributed by atoms with Gasteiger partial charge in [0.2, 0.25) is 0 Å². The lowest BCUT2D eigenvalue weighted by molar-refractivity contribution is 0.792. The first-order chi connectivity index (χ1) is 21.1. The summed E-state index contributed by atoms with van der Waals surface area (Å²) in [4.78, 5) is 2.26. The second-order valence-corrected chi connectivity index (χ2v) is 11.1. The van der Waals surface area contributed by atoms with Crippen molar-refractivity contribution in [2.24, 2.45) is 0 Å². The molecule has 0 N–H and O–H groups in total. The zero-order valence-corrected chi connectivity index (χ0v) is 24.5. The van der Waals surface area contributed by atoms with Crippen molar-refractivity contribution in [2.75, 3.05) is 4.90 Å². The minimum absolute atomic E-state index is 0.477. The molecule has 0 atom stereocenters. The minimum atomic E-state index is -0.477. The van der Waals surface area contributed by atoms with Crippen LogP contribution in [0.2, 0.25) is 0 Å². The van der Waals surface area contributed by atoms with Gasteiger partial charge >= 0.3 is 0 Å². The summed E-state index contributed by atoms with van der Waals surface area (Å²) in [5.41, 5.74) is 16.1. The summed E-state index contributed by atoms with van der Waals surface area (Å²) in [5.74, 6) is 0. The smallest absolute Gasteiger partial charge is 0.0726 e. The Bertz CT molecular complexity index is 1960. The largest absolute Gasteiger partial charge is 0.310 e. The van der Waals surface area contributed by atoms with Gasteiger partial charge in [-0.1, -0.05) is 135 Å². The molecule has 1 nitrogen and oxygen atoms in total. The molecular formula is C42H33N. The van der Waals surface area contributed by atoms with Gasteiger partial charge in [-0.2, -0.15) is 0 Å². The number of rotatable bonds is 7. The van der Waals surface area contributed by atoms with E-state index in [0.717, 1.165) is 28.2 Å². The van der Waals surface area contributed by atoms with Crippen LogP contribution >= 0.6 is 0 Å². The van der Waals surface area contributed by atoms with E-state index in [1.807, 2.05) is 36.4 Å². The average Bonchev–Trinajstić information content (AvgIpc) is 3.51. The van der Waals surface area contributed by atoms with Crippen molar-refractivity contribution in [1.82, 2.24) is 0 Å². The molecular weight excluding hydrogens is 518 g/mol. The van der Waals surface area contributed by atoms with Gasteiger partial charge in [0.15, 0.2) is 0 Å². The van der Waals surface area contributed by atoms with Crippen molar-refractivity contribution in [1.29, 1.82) is 0 Å². The van der Waals surface area contributed by atoms with Crippen molar-refractivity contribution in [3.63, 3.8) is 0 Å². The molecule has 5 aromatic rings. The quantitative estimate of drug-likeness (QED) is 0.178. The second kappa shape index (κ2) is 10.2. The molecule has 1 spiro atoms. The fourth-order valence-electron chi connectivity index (χ4n) is 7.41. The van der Waals surface area contributed by atoms with Gasteiger partial charge in [-0.05, 0) is 87.3 Å². The lowest BCUT2D eigenvalue weighted by atomic mass is 9.70. The monoisotopic (exact) mass is 551 g/mol. The van der Waals surface area contributed by atoms with E-state index >= 15 is 0 Å². The summed E-state index contributed by atoms with van der Waals surface area (Å²) in [5, 5.41) is 0. The van der Waals surface area contributed by atoms with Gasteiger partial charge in [0.05, 0.1) is 11.1 Å². The predicted molar refractivity (Wildman–Crippen MR) is 185 cm³/mol. The molecule has 7 rings (SSSR count). The molecule has 43 heavy (non-hydrogen) atoms. The van der Waals surface area contributed by atoms with Crippen molar-refractivity contribution >= 4 is 23.5 Å². The molecule has 5 aromatic carbocycles. The number of nitrogens with zero attached hydrogens (tertiary/aromatic N) is 1. The van der Waals surface area contributed by atoms with Gasteiger partial charge < -0.3 is 4.90 Å². The molecule has 0 amide bonds. The van der Waals surface area contributed by atoms with E-state index in [-0.39, 0.29) is 0 Å². The number of fused-ring (bicyclic) bond motifs is 10. The number of allylic oxidation sites excluding steroid dienone is 3. The highest BCUT2D eigenvalue weighted by Crippen LogP contribution is 2.64. The Morgan fingerprint density at radius 3 is 1.86 bits per heavy atom. The fourth-order valence-corrected chi connectivity index (χ4v) is 7.41. The molecule has 0 unspecified atom stereocenters. The van der Waals surface area contributed by atoms with E-state index in [4.69, 9.17) is 0 Å². The van der Waals surface area contributed by atoms with Crippen LogP contribution in [0.5, 0.6) is 0 Å². The zero-order chi connectivity index (χ0) is 29.7. The van der Waals surface area contributed by atoms with E-state index in [9.17, 15) is 0 Å². The lowest BCUT2D eigenvalue weighted by Gasteiger charge is -2.34. The molecule has 1 heteroatoms. The molecule has 0 radical (unpaired) electrons. The van der Waals surface area contributed by atoms with Crippen molar-refractivity contribution in [3.8, 4) is 22.3 Å². The van der Waals surface area contributed by atoms with Crippen LogP contribution in [-0.4, -0.2) is 0 Å². The fraction of sp³-hybridized carbons (Fsp3) is 0.0476. The first-order valence-electron chi connectivity index (χ1n) is 14.7. The van der Waals surface area contributed by atoms with Crippen molar-refractivity contribution in [2.45, 2.75) is 12.3 Å². The highest BCUT2D eigenvalue weighted by Gasteiger charge is 2.52. The van der Waals surface area contributed by atoms with E-state index in [1.165, 1.54) is 50.1 Å². The van der Waals surface area contributed by atoms with E-state index in [1.54, 1.807) is 0 Å². The van der Waals surface area contributed by atoms with Crippen LogP contribution in [-0.2, 0) is 5.41 Å². The molecule has 0 bridgehead atoms. The molecule has 0 saturated carbocycles. The van der Waals surface area contributed by atoms with Crippen molar-refractivity contribution in [3.05, 3.63) is 192 Å². The van der Waals surface area contributed by atoms with Crippen LogP contribution in [0.15, 0.2) is 153 Å². The summed E-state index contributed by atoms with van der Waals surface area (Å²) in [6, 6.07) is 37.5. The van der Waals surface area contributed by atoms with E-state index in [2.05, 4.69) is 135 Å². The maximum atomic E-state index is 4.37. The van der Waals surface area contributed by atoms with Crippen LogP contribution in [0.1, 0.15) is 38.9 Å². The summed E-state index contributed by atoms with van der Waals surface area (Å²) in [6.45, 7) is 19.1. The maximum absolute atomic E-state index is 4.37. The summed E-state index contributed by atoms with van der Waals surface area (Å²) >= 11 is 0. The predicted octanol–water partition coefficient (Wildman–Crippen LogP) is 11.0. The Morgan fingerprint density at radius 2 is 1.26 bits per heavy atom. The minimum Gasteiger partial charge on any atom is -0.310 e. The highest BCUT2D eigenvalue weighted by atomic mass is 15.1. The lowest BCUT2D eigenvalue weighted by Crippen LogP contribution is -2.27. The van der Waals surface area contributed by atoms with E-state index < -0.39 is 5.41 Å². The molecule has 2 aliphatic carbocycles. The van der Waals surface area contributed by atoms with Gasteiger partial charge in [-0.25, -0.2) is 0 Å². The summed E-state index contributed by atoms with van der Waals surface area (Å²) in [6.07, 6.45) is 9.67. The number of aryl methyl sites for hydroxylation is 1. The topological polar surface area (TPSA) is 3.24 Å².